The molecule has 0 bridgehead atoms. The van der Waals surface area contributed by atoms with Gasteiger partial charge in [-0.05, 0) is 37.5 Å². The maximum absolute atomic E-state index is 5.19. The van der Waals surface area contributed by atoms with Gasteiger partial charge in [-0.2, -0.15) is 0 Å². The molecule has 1 aliphatic rings. The van der Waals surface area contributed by atoms with E-state index in [1.54, 1.807) is 7.11 Å². The molecule has 86 valence electrons. The lowest BCUT2D eigenvalue weighted by Crippen LogP contribution is -2.33. The fourth-order valence-electron chi connectivity index (χ4n) is 2.35. The Morgan fingerprint density at radius 1 is 1.25 bits per heavy atom. The second-order valence-electron chi connectivity index (χ2n) is 4.63. The minimum atomic E-state index is 0.116. The van der Waals surface area contributed by atoms with Gasteiger partial charge in [-0.1, -0.05) is 19.1 Å². The lowest BCUT2D eigenvalue weighted by molar-refractivity contribution is 0.414. The summed E-state index contributed by atoms with van der Waals surface area (Å²) in [5.74, 6) is 0.915. The van der Waals surface area contributed by atoms with Crippen molar-refractivity contribution in [3.63, 3.8) is 0 Å². The third kappa shape index (κ3) is 1.84. The Balaban J connectivity index is 2.34. The van der Waals surface area contributed by atoms with E-state index in [1.165, 1.54) is 24.1 Å². The molecule has 0 spiro atoms. The maximum Gasteiger partial charge on any atom is 0.118 e. The van der Waals surface area contributed by atoms with Gasteiger partial charge in [0.2, 0.25) is 0 Å². The third-order valence-electron chi connectivity index (χ3n) is 3.71. The van der Waals surface area contributed by atoms with E-state index < -0.39 is 0 Å². The van der Waals surface area contributed by atoms with E-state index in [1.807, 2.05) is 12.1 Å². The van der Waals surface area contributed by atoms with Crippen molar-refractivity contribution in [1.82, 2.24) is 0 Å². The molecule has 1 aliphatic heterocycles. The van der Waals surface area contributed by atoms with Crippen molar-refractivity contribution in [2.24, 2.45) is 4.99 Å². The van der Waals surface area contributed by atoms with Crippen LogP contribution in [-0.2, 0) is 5.41 Å². The van der Waals surface area contributed by atoms with E-state index in [0.29, 0.717) is 0 Å². The number of aliphatic imine (C=N–C) groups is 1. The van der Waals surface area contributed by atoms with Gasteiger partial charge in [-0.25, -0.2) is 0 Å². The molecule has 1 aromatic carbocycles. The first-order chi connectivity index (χ1) is 7.66. The predicted molar refractivity (Wildman–Crippen MR) is 67.6 cm³/mol. The molecular formula is C14H19NO. The van der Waals surface area contributed by atoms with Crippen molar-refractivity contribution >= 4 is 5.71 Å². The van der Waals surface area contributed by atoms with Gasteiger partial charge in [-0.3, -0.25) is 4.99 Å². The highest BCUT2D eigenvalue weighted by molar-refractivity contribution is 5.93. The van der Waals surface area contributed by atoms with E-state index in [2.05, 4.69) is 31.0 Å². The van der Waals surface area contributed by atoms with E-state index >= 15 is 0 Å². The van der Waals surface area contributed by atoms with Crippen LogP contribution in [0.25, 0.3) is 0 Å². The first-order valence-corrected chi connectivity index (χ1v) is 5.83. The van der Waals surface area contributed by atoms with Crippen LogP contribution in [0.1, 0.15) is 32.3 Å². The molecule has 0 amide bonds. The first kappa shape index (κ1) is 11.2. The summed E-state index contributed by atoms with van der Waals surface area (Å²) in [4.78, 5) is 4.59. The number of hydrogen-bond acceptors (Lipinski definition) is 2. The Hall–Kier alpha value is -1.31. The van der Waals surface area contributed by atoms with Crippen LogP contribution in [0.2, 0.25) is 0 Å². The molecule has 0 aliphatic carbocycles. The van der Waals surface area contributed by atoms with Gasteiger partial charge in [0, 0.05) is 17.7 Å². The summed E-state index contributed by atoms with van der Waals surface area (Å²) in [6.45, 7) is 5.41. The van der Waals surface area contributed by atoms with Gasteiger partial charge in [0.05, 0.1) is 7.11 Å². The number of hydrogen-bond donors (Lipinski definition) is 0. The molecule has 0 aromatic heterocycles. The molecule has 0 radical (unpaired) electrons. The van der Waals surface area contributed by atoms with Crippen LogP contribution in [0, 0.1) is 0 Å². The van der Waals surface area contributed by atoms with Crippen LogP contribution in [0.5, 0.6) is 5.75 Å². The van der Waals surface area contributed by atoms with Gasteiger partial charge in [0.25, 0.3) is 0 Å². The SMILES string of the molecule is COc1ccc(C2(C)CCCN=C2C)cc1. The second kappa shape index (κ2) is 4.28. The normalized spacial score (nSPS) is 25.1. The highest BCUT2D eigenvalue weighted by Gasteiger charge is 2.31. The summed E-state index contributed by atoms with van der Waals surface area (Å²) >= 11 is 0. The van der Waals surface area contributed by atoms with Crippen LogP contribution in [0.4, 0.5) is 0 Å². The minimum Gasteiger partial charge on any atom is -0.497 e. The fraction of sp³-hybridized carbons (Fsp3) is 0.500. The molecule has 2 rings (SSSR count). The van der Waals surface area contributed by atoms with Crippen molar-refractivity contribution in [2.75, 3.05) is 13.7 Å². The molecule has 1 heterocycles. The predicted octanol–water partition coefficient (Wildman–Crippen LogP) is 3.21. The zero-order valence-electron chi connectivity index (χ0n) is 10.3. The van der Waals surface area contributed by atoms with Crippen LogP contribution < -0.4 is 4.74 Å². The van der Waals surface area contributed by atoms with Crippen molar-refractivity contribution in [3.05, 3.63) is 29.8 Å². The maximum atomic E-state index is 5.19. The summed E-state index contributed by atoms with van der Waals surface area (Å²) in [5.41, 5.74) is 2.71. The van der Waals surface area contributed by atoms with Crippen LogP contribution in [-0.4, -0.2) is 19.4 Å². The lowest BCUT2D eigenvalue weighted by atomic mass is 9.73. The largest absolute Gasteiger partial charge is 0.497 e. The average molecular weight is 217 g/mol. The molecule has 1 atom stereocenters. The van der Waals surface area contributed by atoms with Gasteiger partial charge < -0.3 is 4.74 Å². The summed E-state index contributed by atoms with van der Waals surface area (Å²) in [6.07, 6.45) is 2.37. The van der Waals surface area contributed by atoms with E-state index in [0.717, 1.165) is 12.3 Å². The lowest BCUT2D eigenvalue weighted by Gasteiger charge is -2.33. The molecule has 0 N–H and O–H groups in total. The van der Waals surface area contributed by atoms with Crippen molar-refractivity contribution < 1.29 is 4.74 Å². The third-order valence-corrected chi connectivity index (χ3v) is 3.71. The Morgan fingerprint density at radius 3 is 2.50 bits per heavy atom. The van der Waals surface area contributed by atoms with Crippen molar-refractivity contribution in [2.45, 2.75) is 32.1 Å². The van der Waals surface area contributed by atoms with Crippen LogP contribution in [0.15, 0.2) is 29.3 Å². The highest BCUT2D eigenvalue weighted by Crippen LogP contribution is 2.34. The van der Waals surface area contributed by atoms with Gasteiger partial charge in [0.15, 0.2) is 0 Å². The summed E-state index contributed by atoms with van der Waals surface area (Å²) in [5, 5.41) is 0. The molecule has 2 nitrogen and oxygen atoms in total. The molecule has 0 saturated heterocycles. The zero-order chi connectivity index (χ0) is 11.6. The first-order valence-electron chi connectivity index (χ1n) is 5.83. The van der Waals surface area contributed by atoms with Crippen molar-refractivity contribution in [1.29, 1.82) is 0 Å². The van der Waals surface area contributed by atoms with E-state index in [9.17, 15) is 0 Å². The fourth-order valence-corrected chi connectivity index (χ4v) is 2.35. The quantitative estimate of drug-likeness (QED) is 0.745. The number of rotatable bonds is 2. The number of ether oxygens (including phenoxy) is 1. The Kier molecular flexibility index (Phi) is 2.99. The molecule has 0 fully saturated rings. The number of benzene rings is 1. The molecule has 2 heteroatoms. The topological polar surface area (TPSA) is 21.6 Å². The van der Waals surface area contributed by atoms with Gasteiger partial charge in [-0.15, -0.1) is 0 Å². The van der Waals surface area contributed by atoms with E-state index in [-0.39, 0.29) is 5.41 Å². The molecule has 16 heavy (non-hydrogen) atoms. The average Bonchev–Trinajstić information content (AvgIpc) is 2.33. The van der Waals surface area contributed by atoms with Crippen molar-refractivity contribution in [3.8, 4) is 5.75 Å². The monoisotopic (exact) mass is 217 g/mol. The van der Waals surface area contributed by atoms with Crippen LogP contribution in [0.3, 0.4) is 0 Å². The molecule has 1 unspecified atom stereocenters. The van der Waals surface area contributed by atoms with Gasteiger partial charge in [0.1, 0.15) is 5.75 Å². The summed E-state index contributed by atoms with van der Waals surface area (Å²) in [6, 6.07) is 8.37. The second-order valence-corrected chi connectivity index (χ2v) is 4.63. The Bertz CT molecular complexity index is 394. The molecular weight excluding hydrogens is 198 g/mol. The zero-order valence-corrected chi connectivity index (χ0v) is 10.3. The number of methoxy groups -OCH3 is 1. The summed E-state index contributed by atoms with van der Waals surface area (Å²) < 4.78 is 5.19. The molecule has 1 aromatic rings. The van der Waals surface area contributed by atoms with E-state index in [4.69, 9.17) is 4.74 Å². The van der Waals surface area contributed by atoms with Crippen LogP contribution >= 0.6 is 0 Å². The standard InChI is InChI=1S/C14H19NO/c1-11-14(2,9-4-10-15-11)12-5-7-13(16-3)8-6-12/h5-8H,4,9-10H2,1-3H3. The molecule has 0 saturated carbocycles. The smallest absolute Gasteiger partial charge is 0.118 e. The Labute approximate surface area is 97.4 Å². The Morgan fingerprint density at radius 2 is 1.94 bits per heavy atom. The number of nitrogens with zero attached hydrogens (tertiary/aromatic N) is 1. The summed E-state index contributed by atoms with van der Waals surface area (Å²) in [7, 11) is 1.70. The highest BCUT2D eigenvalue weighted by atomic mass is 16.5. The van der Waals surface area contributed by atoms with Gasteiger partial charge >= 0.3 is 0 Å². The minimum absolute atomic E-state index is 0.116.